The Balaban J connectivity index is 1.44. The van der Waals surface area contributed by atoms with E-state index in [1.807, 2.05) is 23.9 Å². The average molecular weight is 327 g/mol. The Morgan fingerprint density at radius 1 is 1.29 bits per heavy atom. The standard InChI is InChI=1S/C18H25N5O/c1-14(13-22-10-5-9-20-22)21-18(24)19-12-15(2)23-11-8-16-6-3-4-7-17(16)23/h3-7,9-10,14-15H,8,11-13H2,1-2H3,(H2,19,21,24). The number of rotatable bonds is 6. The monoisotopic (exact) mass is 327 g/mol. The van der Waals surface area contributed by atoms with Crippen molar-refractivity contribution < 1.29 is 4.79 Å². The molecule has 0 fully saturated rings. The molecule has 2 aromatic rings. The second kappa shape index (κ2) is 7.38. The molecule has 0 saturated heterocycles. The topological polar surface area (TPSA) is 62.2 Å². The molecule has 0 aliphatic carbocycles. The number of fused-ring (bicyclic) bond motifs is 1. The predicted octanol–water partition coefficient (Wildman–Crippen LogP) is 2.02. The maximum absolute atomic E-state index is 12.1. The van der Waals surface area contributed by atoms with Crippen molar-refractivity contribution in [3.8, 4) is 0 Å². The second-order valence-corrected chi connectivity index (χ2v) is 6.40. The molecule has 1 aromatic heterocycles. The molecular formula is C18H25N5O. The summed E-state index contributed by atoms with van der Waals surface area (Å²) in [6.07, 6.45) is 4.71. The number of anilines is 1. The van der Waals surface area contributed by atoms with Crippen molar-refractivity contribution in [1.82, 2.24) is 20.4 Å². The van der Waals surface area contributed by atoms with Gasteiger partial charge in [-0.15, -0.1) is 0 Å². The summed E-state index contributed by atoms with van der Waals surface area (Å²) in [4.78, 5) is 14.4. The van der Waals surface area contributed by atoms with E-state index < -0.39 is 0 Å². The fourth-order valence-corrected chi connectivity index (χ4v) is 3.18. The lowest BCUT2D eigenvalue weighted by molar-refractivity contribution is 0.235. The highest BCUT2D eigenvalue weighted by Crippen LogP contribution is 2.28. The van der Waals surface area contributed by atoms with Crippen LogP contribution in [0.4, 0.5) is 10.5 Å². The van der Waals surface area contributed by atoms with Crippen LogP contribution < -0.4 is 15.5 Å². The zero-order valence-electron chi connectivity index (χ0n) is 14.3. The van der Waals surface area contributed by atoms with E-state index in [9.17, 15) is 4.79 Å². The van der Waals surface area contributed by atoms with Crippen LogP contribution in [-0.4, -0.2) is 41.0 Å². The van der Waals surface area contributed by atoms with Gasteiger partial charge in [0.05, 0.1) is 6.54 Å². The molecule has 2 atom stereocenters. The Morgan fingerprint density at radius 3 is 2.92 bits per heavy atom. The van der Waals surface area contributed by atoms with Gasteiger partial charge in [-0.1, -0.05) is 18.2 Å². The fraction of sp³-hybridized carbons (Fsp3) is 0.444. The van der Waals surface area contributed by atoms with Gasteiger partial charge < -0.3 is 15.5 Å². The number of hydrogen-bond donors (Lipinski definition) is 2. The molecule has 0 radical (unpaired) electrons. The third kappa shape index (κ3) is 3.88. The normalized spacial score (nSPS) is 15.7. The van der Waals surface area contributed by atoms with Gasteiger partial charge in [-0.2, -0.15) is 5.10 Å². The molecule has 2 amide bonds. The molecule has 128 valence electrons. The first-order valence-corrected chi connectivity index (χ1v) is 8.50. The van der Waals surface area contributed by atoms with Gasteiger partial charge in [-0.3, -0.25) is 4.68 Å². The molecule has 2 unspecified atom stereocenters. The lowest BCUT2D eigenvalue weighted by atomic mass is 10.2. The van der Waals surface area contributed by atoms with Gasteiger partial charge in [-0.25, -0.2) is 4.79 Å². The minimum absolute atomic E-state index is 0.0210. The first-order chi connectivity index (χ1) is 11.6. The number of nitrogens with zero attached hydrogens (tertiary/aromatic N) is 3. The van der Waals surface area contributed by atoms with Gasteiger partial charge in [0, 0.05) is 43.3 Å². The van der Waals surface area contributed by atoms with Crippen molar-refractivity contribution >= 4 is 11.7 Å². The predicted molar refractivity (Wildman–Crippen MR) is 95.2 cm³/mol. The number of nitrogens with one attached hydrogen (secondary N) is 2. The van der Waals surface area contributed by atoms with Crippen LogP contribution in [0.15, 0.2) is 42.7 Å². The highest BCUT2D eigenvalue weighted by Gasteiger charge is 2.23. The van der Waals surface area contributed by atoms with Gasteiger partial charge in [0.15, 0.2) is 0 Å². The van der Waals surface area contributed by atoms with Crippen molar-refractivity contribution in [2.24, 2.45) is 0 Å². The van der Waals surface area contributed by atoms with E-state index in [0.717, 1.165) is 13.0 Å². The summed E-state index contributed by atoms with van der Waals surface area (Å²) in [5, 5.41) is 10.1. The average Bonchev–Trinajstić information content (AvgIpc) is 3.21. The van der Waals surface area contributed by atoms with Crippen molar-refractivity contribution in [2.75, 3.05) is 18.0 Å². The zero-order valence-corrected chi connectivity index (χ0v) is 14.3. The third-order valence-electron chi connectivity index (χ3n) is 4.41. The number of carbonyl (C=O) groups excluding carboxylic acids is 1. The van der Waals surface area contributed by atoms with Crippen LogP contribution in [0.1, 0.15) is 19.4 Å². The van der Waals surface area contributed by atoms with Gasteiger partial charge >= 0.3 is 6.03 Å². The van der Waals surface area contributed by atoms with Crippen molar-refractivity contribution in [1.29, 1.82) is 0 Å². The van der Waals surface area contributed by atoms with Crippen LogP contribution >= 0.6 is 0 Å². The second-order valence-electron chi connectivity index (χ2n) is 6.40. The Kier molecular flexibility index (Phi) is 5.03. The number of urea groups is 1. The molecule has 1 aromatic carbocycles. The van der Waals surface area contributed by atoms with Crippen LogP contribution in [-0.2, 0) is 13.0 Å². The maximum atomic E-state index is 12.1. The molecule has 2 N–H and O–H groups in total. The van der Waals surface area contributed by atoms with Crippen LogP contribution in [0.5, 0.6) is 0 Å². The molecule has 24 heavy (non-hydrogen) atoms. The third-order valence-corrected chi connectivity index (χ3v) is 4.41. The molecule has 1 aliphatic rings. The van der Waals surface area contributed by atoms with Crippen LogP contribution in [0.3, 0.4) is 0 Å². The van der Waals surface area contributed by atoms with E-state index in [1.165, 1.54) is 11.3 Å². The SMILES string of the molecule is CC(Cn1cccn1)NC(=O)NCC(C)N1CCc2ccccc21. The summed E-state index contributed by atoms with van der Waals surface area (Å²) in [7, 11) is 0. The first kappa shape index (κ1) is 16.4. The minimum atomic E-state index is -0.131. The van der Waals surface area contributed by atoms with E-state index >= 15 is 0 Å². The number of para-hydroxylation sites is 1. The Hall–Kier alpha value is -2.50. The van der Waals surface area contributed by atoms with Gasteiger partial charge in [0.1, 0.15) is 0 Å². The lowest BCUT2D eigenvalue weighted by Crippen LogP contribution is -2.47. The summed E-state index contributed by atoms with van der Waals surface area (Å²) in [6.45, 7) is 6.42. The minimum Gasteiger partial charge on any atom is -0.366 e. The summed E-state index contributed by atoms with van der Waals surface area (Å²) in [5.41, 5.74) is 2.68. The number of benzene rings is 1. The molecule has 6 nitrogen and oxygen atoms in total. The molecule has 2 heterocycles. The zero-order chi connectivity index (χ0) is 16.9. The van der Waals surface area contributed by atoms with Gasteiger partial charge in [0.2, 0.25) is 0 Å². The Morgan fingerprint density at radius 2 is 2.12 bits per heavy atom. The number of carbonyl (C=O) groups is 1. The van der Waals surface area contributed by atoms with Crippen molar-refractivity contribution in [3.05, 3.63) is 48.3 Å². The Labute approximate surface area is 142 Å². The van der Waals surface area contributed by atoms with E-state index in [-0.39, 0.29) is 18.1 Å². The number of hydrogen-bond acceptors (Lipinski definition) is 3. The molecule has 3 rings (SSSR count). The Bertz CT molecular complexity index is 670. The molecule has 6 heteroatoms. The van der Waals surface area contributed by atoms with Crippen LogP contribution in [0.2, 0.25) is 0 Å². The summed E-state index contributed by atoms with van der Waals surface area (Å²) < 4.78 is 1.81. The van der Waals surface area contributed by atoms with Gasteiger partial charge in [-0.05, 0) is 38.0 Å². The molecule has 0 bridgehead atoms. The summed E-state index contributed by atoms with van der Waals surface area (Å²) >= 11 is 0. The van der Waals surface area contributed by atoms with Crippen molar-refractivity contribution in [3.63, 3.8) is 0 Å². The highest BCUT2D eigenvalue weighted by atomic mass is 16.2. The van der Waals surface area contributed by atoms with Crippen molar-refractivity contribution in [2.45, 2.75) is 38.9 Å². The number of aromatic nitrogens is 2. The van der Waals surface area contributed by atoms with E-state index in [0.29, 0.717) is 13.1 Å². The van der Waals surface area contributed by atoms with Crippen LogP contribution in [0, 0.1) is 0 Å². The quantitative estimate of drug-likeness (QED) is 0.853. The summed E-state index contributed by atoms with van der Waals surface area (Å²) in [6, 6.07) is 10.5. The molecular weight excluding hydrogens is 302 g/mol. The summed E-state index contributed by atoms with van der Waals surface area (Å²) in [5.74, 6) is 0. The lowest BCUT2D eigenvalue weighted by Gasteiger charge is -2.27. The molecule has 1 aliphatic heterocycles. The highest BCUT2D eigenvalue weighted by molar-refractivity contribution is 5.74. The number of amides is 2. The largest absolute Gasteiger partial charge is 0.366 e. The smallest absolute Gasteiger partial charge is 0.315 e. The van der Waals surface area contributed by atoms with E-state index in [1.54, 1.807) is 6.20 Å². The van der Waals surface area contributed by atoms with E-state index in [2.05, 4.69) is 51.8 Å². The maximum Gasteiger partial charge on any atom is 0.315 e. The molecule has 0 spiro atoms. The first-order valence-electron chi connectivity index (χ1n) is 8.50. The van der Waals surface area contributed by atoms with Crippen LogP contribution in [0.25, 0.3) is 0 Å². The fourth-order valence-electron chi connectivity index (χ4n) is 3.18. The molecule has 0 saturated carbocycles. The van der Waals surface area contributed by atoms with E-state index in [4.69, 9.17) is 0 Å². The van der Waals surface area contributed by atoms with Gasteiger partial charge in [0.25, 0.3) is 0 Å².